The zero-order chi connectivity index (χ0) is 20.5. The lowest BCUT2D eigenvalue weighted by molar-refractivity contribution is -0.133. The average Bonchev–Trinajstić information content (AvgIpc) is 2.96. The van der Waals surface area contributed by atoms with E-state index in [0.717, 1.165) is 4.90 Å². The molecule has 9 heteroatoms. The van der Waals surface area contributed by atoms with E-state index in [9.17, 15) is 14.4 Å². The first kappa shape index (κ1) is 21.4. The van der Waals surface area contributed by atoms with Crippen LogP contribution in [-0.4, -0.2) is 100 Å². The molecule has 0 aromatic heterocycles. The monoisotopic (exact) mass is 406 g/mol. The van der Waals surface area contributed by atoms with E-state index in [0.29, 0.717) is 77.1 Å². The predicted molar refractivity (Wildman–Crippen MR) is 102 cm³/mol. The first-order valence-corrected chi connectivity index (χ1v) is 9.72. The molecule has 1 fully saturated rings. The van der Waals surface area contributed by atoms with Crippen molar-refractivity contribution < 1.29 is 33.3 Å². The van der Waals surface area contributed by atoms with Crippen LogP contribution in [0.15, 0.2) is 24.3 Å². The number of fused-ring (bicyclic) bond motifs is 1. The van der Waals surface area contributed by atoms with Crippen LogP contribution < -0.4 is 0 Å². The quantitative estimate of drug-likeness (QED) is 0.647. The van der Waals surface area contributed by atoms with E-state index >= 15 is 0 Å². The van der Waals surface area contributed by atoms with Crippen LogP contribution in [0, 0.1) is 0 Å². The Labute approximate surface area is 169 Å². The summed E-state index contributed by atoms with van der Waals surface area (Å²) in [4.78, 5) is 40.3. The summed E-state index contributed by atoms with van der Waals surface area (Å²) in [6, 6.07) is 6.58. The van der Waals surface area contributed by atoms with Crippen molar-refractivity contribution in [3.8, 4) is 0 Å². The van der Waals surface area contributed by atoms with Crippen molar-refractivity contribution in [2.45, 2.75) is 0 Å². The van der Waals surface area contributed by atoms with Crippen molar-refractivity contribution in [2.24, 2.45) is 0 Å². The third kappa shape index (κ3) is 5.83. The molecule has 0 aliphatic carbocycles. The molecule has 29 heavy (non-hydrogen) atoms. The summed E-state index contributed by atoms with van der Waals surface area (Å²) in [5.74, 6) is -1.22. The van der Waals surface area contributed by atoms with Gasteiger partial charge >= 0.3 is 0 Å². The van der Waals surface area contributed by atoms with E-state index in [2.05, 4.69) is 0 Å². The minimum absolute atomic E-state index is 0.307. The van der Waals surface area contributed by atoms with E-state index < -0.39 is 11.8 Å². The Hall–Kier alpha value is -2.33. The van der Waals surface area contributed by atoms with Gasteiger partial charge in [-0.25, -0.2) is 0 Å². The van der Waals surface area contributed by atoms with Gasteiger partial charge < -0.3 is 23.8 Å². The van der Waals surface area contributed by atoms with Crippen LogP contribution in [0.2, 0.25) is 0 Å². The molecule has 0 bridgehead atoms. The van der Waals surface area contributed by atoms with Gasteiger partial charge in [0.05, 0.1) is 64.0 Å². The maximum absolute atomic E-state index is 12.8. The fraction of sp³-hybridized carbons (Fsp3) is 0.550. The Morgan fingerprint density at radius 2 is 1.14 bits per heavy atom. The summed E-state index contributed by atoms with van der Waals surface area (Å²) in [7, 11) is 0. The largest absolute Gasteiger partial charge is 0.377 e. The minimum atomic E-state index is -0.445. The second kappa shape index (κ2) is 11.0. The second-order valence-corrected chi connectivity index (χ2v) is 6.57. The highest BCUT2D eigenvalue weighted by atomic mass is 16.6. The fourth-order valence-electron chi connectivity index (χ4n) is 3.09. The third-order valence-corrected chi connectivity index (χ3v) is 4.65. The summed E-state index contributed by atoms with van der Waals surface area (Å²) in [5, 5.41) is 0. The molecule has 0 unspecified atom stereocenters. The topological polar surface area (TPSA) is 94.6 Å². The van der Waals surface area contributed by atoms with E-state index in [1.165, 1.54) is 0 Å². The molecule has 1 saturated heterocycles. The Kier molecular flexibility index (Phi) is 8.12. The molecule has 2 aliphatic rings. The van der Waals surface area contributed by atoms with Crippen molar-refractivity contribution in [1.82, 2.24) is 9.80 Å². The number of rotatable bonds is 2. The van der Waals surface area contributed by atoms with E-state index in [4.69, 9.17) is 18.9 Å². The molecular formula is C20H26N2O7. The van der Waals surface area contributed by atoms with Gasteiger partial charge in [-0.15, -0.1) is 0 Å². The summed E-state index contributed by atoms with van der Waals surface area (Å²) < 4.78 is 21.8. The van der Waals surface area contributed by atoms with Crippen LogP contribution in [0.4, 0.5) is 0 Å². The van der Waals surface area contributed by atoms with Crippen LogP contribution in [-0.2, 0) is 23.7 Å². The lowest BCUT2D eigenvalue weighted by Crippen LogP contribution is -2.45. The number of hydrogen-bond donors (Lipinski definition) is 0. The van der Waals surface area contributed by atoms with Gasteiger partial charge in [0, 0.05) is 13.1 Å². The van der Waals surface area contributed by atoms with Crippen molar-refractivity contribution in [2.75, 3.05) is 72.5 Å². The number of carbonyl (C=O) groups excluding carboxylic acids is 3. The lowest BCUT2D eigenvalue weighted by atomic mass is 10.1. The van der Waals surface area contributed by atoms with Gasteiger partial charge in [-0.1, -0.05) is 12.1 Å². The molecular weight excluding hydrogens is 380 g/mol. The van der Waals surface area contributed by atoms with Gasteiger partial charge in [-0.3, -0.25) is 19.3 Å². The highest BCUT2D eigenvalue weighted by Crippen LogP contribution is 2.22. The van der Waals surface area contributed by atoms with Crippen LogP contribution >= 0.6 is 0 Å². The molecule has 0 spiro atoms. The average molecular weight is 406 g/mol. The summed E-state index contributed by atoms with van der Waals surface area (Å²) in [5.41, 5.74) is 0.656. The highest BCUT2D eigenvalue weighted by Gasteiger charge is 2.36. The van der Waals surface area contributed by atoms with E-state index in [1.807, 2.05) is 0 Å². The molecule has 1 aromatic rings. The maximum Gasteiger partial charge on any atom is 0.262 e. The van der Waals surface area contributed by atoms with Gasteiger partial charge in [0.15, 0.2) is 0 Å². The molecule has 9 nitrogen and oxygen atoms in total. The first-order chi connectivity index (χ1) is 14.2. The molecule has 158 valence electrons. The zero-order valence-corrected chi connectivity index (χ0v) is 16.3. The van der Waals surface area contributed by atoms with Gasteiger partial charge in [0.2, 0.25) is 5.91 Å². The second-order valence-electron chi connectivity index (χ2n) is 6.57. The molecule has 0 saturated carbocycles. The van der Waals surface area contributed by atoms with Crippen molar-refractivity contribution in [3.63, 3.8) is 0 Å². The van der Waals surface area contributed by atoms with Gasteiger partial charge in [0.25, 0.3) is 11.8 Å². The molecule has 2 aliphatic heterocycles. The Morgan fingerprint density at radius 3 is 1.59 bits per heavy atom. The molecule has 1 aromatic carbocycles. The number of carbonyl (C=O) groups is 3. The minimum Gasteiger partial charge on any atom is -0.377 e. The van der Waals surface area contributed by atoms with Crippen molar-refractivity contribution in [1.29, 1.82) is 0 Å². The number of ether oxygens (including phenoxy) is 4. The smallest absolute Gasteiger partial charge is 0.262 e. The Bertz CT molecular complexity index is 674. The third-order valence-electron chi connectivity index (χ3n) is 4.65. The summed E-state index contributed by atoms with van der Waals surface area (Å²) >= 11 is 0. The Balaban J connectivity index is 1.57. The lowest BCUT2D eigenvalue weighted by Gasteiger charge is -2.25. The molecule has 2 heterocycles. The van der Waals surface area contributed by atoms with Crippen LogP contribution in [0.3, 0.4) is 0 Å². The molecule has 3 amide bonds. The van der Waals surface area contributed by atoms with Gasteiger partial charge in [-0.05, 0) is 12.1 Å². The van der Waals surface area contributed by atoms with Gasteiger partial charge in [-0.2, -0.15) is 0 Å². The van der Waals surface area contributed by atoms with Crippen molar-refractivity contribution >= 4 is 17.7 Å². The number of amides is 3. The number of benzene rings is 1. The number of hydrogen-bond acceptors (Lipinski definition) is 7. The number of imide groups is 1. The normalized spacial score (nSPS) is 20.1. The van der Waals surface area contributed by atoms with E-state index in [1.54, 1.807) is 29.2 Å². The SMILES string of the molecule is O=C(CN1C(=O)c2ccccc2C1=O)N1CCOCCOCCOCCOCC1. The molecule has 0 atom stereocenters. The van der Waals surface area contributed by atoms with Crippen LogP contribution in [0.1, 0.15) is 20.7 Å². The van der Waals surface area contributed by atoms with Crippen molar-refractivity contribution in [3.05, 3.63) is 35.4 Å². The highest BCUT2D eigenvalue weighted by molar-refractivity contribution is 6.22. The predicted octanol–water partition coefficient (Wildman–Crippen LogP) is 0.191. The Morgan fingerprint density at radius 1 is 0.724 bits per heavy atom. The van der Waals surface area contributed by atoms with E-state index in [-0.39, 0.29) is 12.5 Å². The molecule has 0 radical (unpaired) electrons. The van der Waals surface area contributed by atoms with Crippen LogP contribution in [0.25, 0.3) is 0 Å². The van der Waals surface area contributed by atoms with Gasteiger partial charge in [0.1, 0.15) is 6.54 Å². The molecule has 3 rings (SSSR count). The first-order valence-electron chi connectivity index (χ1n) is 9.72. The summed E-state index contributed by atoms with van der Waals surface area (Å²) in [6.45, 7) is 3.73. The van der Waals surface area contributed by atoms with Crippen LogP contribution in [0.5, 0.6) is 0 Å². The zero-order valence-electron chi connectivity index (χ0n) is 16.3. The fourth-order valence-corrected chi connectivity index (χ4v) is 3.09. The number of nitrogens with zero attached hydrogens (tertiary/aromatic N) is 2. The standard InChI is InChI=1S/C20H26N2O7/c23-18(15-22-19(24)16-3-1-2-4-17(16)20(22)25)21-5-7-26-9-11-28-13-14-29-12-10-27-8-6-21/h1-4H,5-15H2. The molecule has 0 N–H and O–H groups in total. The summed E-state index contributed by atoms with van der Waals surface area (Å²) in [6.07, 6.45) is 0. The maximum atomic E-state index is 12.8.